The molecule has 2 aliphatic heterocycles. The number of halogens is 1. The van der Waals surface area contributed by atoms with Crippen LogP contribution in [0.2, 0.25) is 0 Å². The van der Waals surface area contributed by atoms with E-state index in [2.05, 4.69) is 15.3 Å². The minimum atomic E-state index is -0.311. The Hall–Kier alpha value is -3.26. The lowest BCUT2D eigenvalue weighted by molar-refractivity contribution is -0.123. The third-order valence-corrected chi connectivity index (χ3v) is 6.42. The van der Waals surface area contributed by atoms with E-state index in [1.165, 1.54) is 12.1 Å². The first kappa shape index (κ1) is 20.6. The van der Waals surface area contributed by atoms with Crippen LogP contribution in [0.1, 0.15) is 24.2 Å². The molecule has 0 atom stereocenters. The summed E-state index contributed by atoms with van der Waals surface area (Å²) in [4.78, 5) is 19.8. The fourth-order valence-corrected chi connectivity index (χ4v) is 4.60. The van der Waals surface area contributed by atoms with E-state index in [1.54, 1.807) is 11.8 Å². The molecule has 1 aromatic heterocycles. The van der Waals surface area contributed by atoms with Crippen LogP contribution in [-0.2, 0) is 24.3 Å². The molecule has 32 heavy (non-hydrogen) atoms. The molecule has 0 radical (unpaired) electrons. The summed E-state index contributed by atoms with van der Waals surface area (Å²) in [6, 6.07) is 14.3. The Morgan fingerprint density at radius 2 is 1.81 bits per heavy atom. The highest BCUT2D eigenvalue weighted by Gasteiger charge is 2.39. The second kappa shape index (κ2) is 8.35. The van der Waals surface area contributed by atoms with E-state index >= 15 is 0 Å². The highest BCUT2D eigenvalue weighted by Crippen LogP contribution is 2.30. The number of nitrogens with zero attached hydrogens (tertiary/aromatic N) is 4. The Kier molecular flexibility index (Phi) is 5.38. The molecule has 7 nitrogen and oxygen atoms in total. The van der Waals surface area contributed by atoms with Gasteiger partial charge in [-0.3, -0.25) is 9.69 Å². The average Bonchev–Trinajstić information content (AvgIpc) is 3.13. The minimum Gasteiger partial charge on any atom is -0.497 e. The van der Waals surface area contributed by atoms with Gasteiger partial charge in [-0.05, 0) is 54.8 Å². The van der Waals surface area contributed by atoms with Gasteiger partial charge in [0.1, 0.15) is 23.9 Å². The van der Waals surface area contributed by atoms with Gasteiger partial charge in [-0.15, -0.1) is 0 Å². The van der Waals surface area contributed by atoms with E-state index in [4.69, 9.17) is 9.72 Å². The molecule has 0 bridgehead atoms. The predicted octanol–water partition coefficient (Wildman–Crippen LogP) is 2.80. The van der Waals surface area contributed by atoms with Crippen LogP contribution in [-0.4, -0.2) is 51.3 Å². The lowest BCUT2D eigenvalue weighted by Crippen LogP contribution is -2.56. The summed E-state index contributed by atoms with van der Waals surface area (Å²) in [5, 5.41) is 7.87. The van der Waals surface area contributed by atoms with Crippen molar-refractivity contribution in [2.75, 3.05) is 20.2 Å². The molecule has 1 amide bonds. The quantitative estimate of drug-likeness (QED) is 0.682. The first-order chi connectivity index (χ1) is 15.5. The zero-order valence-corrected chi connectivity index (χ0v) is 18.1. The van der Waals surface area contributed by atoms with Crippen LogP contribution < -0.4 is 10.1 Å². The third kappa shape index (κ3) is 4.23. The lowest BCUT2D eigenvalue weighted by atomic mass is 9.84. The number of hydrogen-bond acceptors (Lipinski definition) is 5. The van der Waals surface area contributed by atoms with Gasteiger partial charge < -0.3 is 10.1 Å². The number of ether oxygens (including phenoxy) is 1. The standard InChI is InChI=1S/C24H26FN5O2/c1-32-20-8-4-18(5-9-20)23-26-21-14-24(27-22(31)16-30(21)28-23)10-12-29(13-11-24)15-17-2-6-19(25)7-3-17/h2-9H,10-16H2,1H3,(H,27,31). The van der Waals surface area contributed by atoms with Gasteiger partial charge in [0.25, 0.3) is 0 Å². The molecule has 1 spiro atoms. The first-order valence-corrected chi connectivity index (χ1v) is 10.9. The summed E-state index contributed by atoms with van der Waals surface area (Å²) in [7, 11) is 1.63. The molecule has 3 aromatic rings. The largest absolute Gasteiger partial charge is 0.497 e. The van der Waals surface area contributed by atoms with Gasteiger partial charge in [-0.25, -0.2) is 14.1 Å². The molecule has 0 saturated carbocycles. The van der Waals surface area contributed by atoms with Crippen molar-refractivity contribution >= 4 is 5.91 Å². The smallest absolute Gasteiger partial charge is 0.242 e. The van der Waals surface area contributed by atoms with Gasteiger partial charge in [0.2, 0.25) is 5.91 Å². The zero-order valence-electron chi connectivity index (χ0n) is 18.1. The number of aromatic nitrogens is 3. The van der Waals surface area contributed by atoms with Crippen molar-refractivity contribution in [3.8, 4) is 17.1 Å². The van der Waals surface area contributed by atoms with Crippen molar-refractivity contribution in [3.63, 3.8) is 0 Å². The second-order valence-electron chi connectivity index (χ2n) is 8.65. The number of methoxy groups -OCH3 is 1. The van der Waals surface area contributed by atoms with Crippen LogP contribution in [0.4, 0.5) is 4.39 Å². The van der Waals surface area contributed by atoms with Gasteiger partial charge in [0.15, 0.2) is 5.82 Å². The van der Waals surface area contributed by atoms with E-state index in [0.29, 0.717) is 12.2 Å². The summed E-state index contributed by atoms with van der Waals surface area (Å²) in [6.07, 6.45) is 2.33. The Balaban J connectivity index is 1.31. The summed E-state index contributed by atoms with van der Waals surface area (Å²) in [5.74, 6) is 2.00. The van der Waals surface area contributed by atoms with Crippen LogP contribution >= 0.6 is 0 Å². The van der Waals surface area contributed by atoms with Crippen molar-refractivity contribution in [2.24, 2.45) is 0 Å². The van der Waals surface area contributed by atoms with Gasteiger partial charge in [0.05, 0.1) is 7.11 Å². The summed E-state index contributed by atoms with van der Waals surface area (Å²) in [5.41, 5.74) is 1.68. The number of amides is 1. The van der Waals surface area contributed by atoms with Gasteiger partial charge in [-0.1, -0.05) is 12.1 Å². The molecule has 0 aliphatic carbocycles. The lowest BCUT2D eigenvalue weighted by Gasteiger charge is -2.41. The first-order valence-electron chi connectivity index (χ1n) is 10.9. The average molecular weight is 436 g/mol. The molecule has 1 saturated heterocycles. The molecular formula is C24H26FN5O2. The Bertz CT molecular complexity index is 1100. The fraction of sp³-hybridized carbons (Fsp3) is 0.375. The second-order valence-corrected chi connectivity index (χ2v) is 8.65. The topological polar surface area (TPSA) is 72.3 Å². The third-order valence-electron chi connectivity index (χ3n) is 6.42. The molecule has 1 fully saturated rings. The summed E-state index contributed by atoms with van der Waals surface area (Å²) in [6.45, 7) is 2.68. The number of carbonyl (C=O) groups excluding carboxylic acids is 1. The van der Waals surface area contributed by atoms with Crippen molar-refractivity contribution in [3.05, 3.63) is 65.7 Å². The minimum absolute atomic E-state index is 0.0260. The SMILES string of the molecule is COc1ccc(-c2nc3n(n2)CC(=O)NC2(CCN(Cc4ccc(F)cc4)CC2)C3)cc1. The van der Waals surface area contributed by atoms with Crippen LogP contribution in [0.5, 0.6) is 5.75 Å². The Morgan fingerprint density at radius 3 is 2.50 bits per heavy atom. The number of nitrogens with one attached hydrogen (secondary N) is 1. The van der Waals surface area contributed by atoms with Crippen LogP contribution in [0, 0.1) is 5.82 Å². The maximum absolute atomic E-state index is 13.2. The number of rotatable bonds is 4. The molecule has 2 aromatic carbocycles. The fourth-order valence-electron chi connectivity index (χ4n) is 4.60. The Morgan fingerprint density at radius 1 is 1.09 bits per heavy atom. The van der Waals surface area contributed by atoms with E-state index in [1.807, 2.05) is 36.4 Å². The number of likely N-dealkylation sites (tertiary alicyclic amines) is 1. The summed E-state index contributed by atoms with van der Waals surface area (Å²) < 4.78 is 20.1. The highest BCUT2D eigenvalue weighted by molar-refractivity contribution is 5.77. The molecular weight excluding hydrogens is 409 g/mol. The molecule has 3 heterocycles. The van der Waals surface area contributed by atoms with Crippen molar-refractivity contribution in [1.82, 2.24) is 25.0 Å². The van der Waals surface area contributed by atoms with Crippen molar-refractivity contribution < 1.29 is 13.9 Å². The maximum Gasteiger partial charge on any atom is 0.242 e. The molecule has 166 valence electrons. The van der Waals surface area contributed by atoms with Gasteiger partial charge >= 0.3 is 0 Å². The number of benzene rings is 2. The van der Waals surface area contributed by atoms with E-state index in [-0.39, 0.29) is 23.8 Å². The monoisotopic (exact) mass is 435 g/mol. The van der Waals surface area contributed by atoms with E-state index in [0.717, 1.165) is 55.2 Å². The highest BCUT2D eigenvalue weighted by atomic mass is 19.1. The molecule has 2 aliphatic rings. The predicted molar refractivity (Wildman–Crippen MR) is 117 cm³/mol. The van der Waals surface area contributed by atoms with Crippen LogP contribution in [0.25, 0.3) is 11.4 Å². The van der Waals surface area contributed by atoms with Crippen LogP contribution in [0.3, 0.4) is 0 Å². The van der Waals surface area contributed by atoms with E-state index < -0.39 is 0 Å². The number of piperidine rings is 1. The van der Waals surface area contributed by atoms with E-state index in [9.17, 15) is 9.18 Å². The van der Waals surface area contributed by atoms with Crippen molar-refractivity contribution in [1.29, 1.82) is 0 Å². The van der Waals surface area contributed by atoms with Gasteiger partial charge in [0, 0.05) is 37.2 Å². The number of carbonyl (C=O) groups is 1. The Labute approximate surface area is 186 Å². The zero-order chi connectivity index (χ0) is 22.1. The van der Waals surface area contributed by atoms with Crippen LogP contribution in [0.15, 0.2) is 48.5 Å². The number of hydrogen-bond donors (Lipinski definition) is 1. The maximum atomic E-state index is 13.2. The van der Waals surface area contributed by atoms with Crippen molar-refractivity contribution in [2.45, 2.75) is 37.9 Å². The normalized spacial score (nSPS) is 18.1. The van der Waals surface area contributed by atoms with Gasteiger partial charge in [-0.2, -0.15) is 5.10 Å². The molecule has 8 heteroatoms. The summed E-state index contributed by atoms with van der Waals surface area (Å²) >= 11 is 0. The molecule has 0 unspecified atom stereocenters. The molecule has 5 rings (SSSR count). The number of fused-ring (bicyclic) bond motifs is 1. The molecule has 1 N–H and O–H groups in total.